The first-order valence-corrected chi connectivity index (χ1v) is 10.2. The highest BCUT2D eigenvalue weighted by molar-refractivity contribution is 7.90. The van der Waals surface area contributed by atoms with Crippen molar-refractivity contribution in [3.63, 3.8) is 0 Å². The summed E-state index contributed by atoms with van der Waals surface area (Å²) in [7, 11) is -3.15. The van der Waals surface area contributed by atoms with E-state index in [2.05, 4.69) is 37.3 Å². The Morgan fingerprint density at radius 3 is 2.43 bits per heavy atom. The fourth-order valence-electron chi connectivity index (χ4n) is 4.89. The molecule has 1 saturated heterocycles. The quantitative estimate of drug-likeness (QED) is 0.752. The largest absolute Gasteiger partial charge is 0.461 e. The monoisotopic (exact) mass is 344 g/mol. The van der Waals surface area contributed by atoms with Gasteiger partial charge >= 0.3 is 5.97 Å². The molecule has 0 amide bonds. The van der Waals surface area contributed by atoms with Gasteiger partial charge in [-0.3, -0.25) is 9.69 Å². The van der Waals surface area contributed by atoms with Crippen LogP contribution in [0.4, 0.5) is 0 Å². The summed E-state index contributed by atoms with van der Waals surface area (Å²) in [6.07, 6.45) is 1.47. The van der Waals surface area contributed by atoms with Gasteiger partial charge in [0.05, 0.1) is 11.8 Å². The molecular weight excluding hydrogens is 316 g/mol. The van der Waals surface area contributed by atoms with E-state index in [1.807, 2.05) is 0 Å². The molecule has 0 aromatic rings. The Labute approximate surface area is 139 Å². The zero-order valence-electron chi connectivity index (χ0n) is 14.4. The van der Waals surface area contributed by atoms with Crippen LogP contribution in [0, 0.1) is 17.8 Å². The van der Waals surface area contributed by atoms with Crippen molar-refractivity contribution in [1.29, 1.82) is 0 Å². The minimum atomic E-state index is -3.15. The number of rotatable bonds is 5. The van der Waals surface area contributed by atoms with Crippen molar-refractivity contribution >= 4 is 16.0 Å². The molecule has 132 valence electrons. The first kappa shape index (κ1) is 17.2. The average molecular weight is 344 g/mol. The van der Waals surface area contributed by atoms with E-state index in [9.17, 15) is 13.2 Å². The molecule has 1 aliphatic heterocycles. The van der Waals surface area contributed by atoms with Crippen LogP contribution in [-0.2, 0) is 19.6 Å². The fraction of sp³-hybridized carbons (Fsp3) is 0.938. The van der Waals surface area contributed by atoms with E-state index in [1.54, 1.807) is 0 Å². The second kappa shape index (κ2) is 6.01. The van der Waals surface area contributed by atoms with Gasteiger partial charge in [-0.25, -0.2) is 13.1 Å². The van der Waals surface area contributed by atoms with E-state index >= 15 is 0 Å². The number of sulfonamides is 1. The molecule has 0 spiro atoms. The van der Waals surface area contributed by atoms with Crippen molar-refractivity contribution in [1.82, 2.24) is 9.62 Å². The number of ether oxygens (including phenoxy) is 1. The number of carbonyl (C=O) groups is 1. The molecule has 2 saturated carbocycles. The summed E-state index contributed by atoms with van der Waals surface area (Å²) in [6.45, 7) is 9.10. The van der Waals surface area contributed by atoms with E-state index in [-0.39, 0.29) is 47.2 Å². The Balaban J connectivity index is 1.60. The number of hydrogen-bond donors (Lipinski definition) is 1. The highest BCUT2D eigenvalue weighted by Gasteiger charge is 2.61. The molecule has 2 aliphatic carbocycles. The molecule has 5 unspecified atom stereocenters. The van der Waals surface area contributed by atoms with Gasteiger partial charge < -0.3 is 4.74 Å². The van der Waals surface area contributed by atoms with Crippen LogP contribution in [0.3, 0.4) is 0 Å². The lowest BCUT2D eigenvalue weighted by Crippen LogP contribution is -2.43. The highest BCUT2D eigenvalue weighted by Crippen LogP contribution is 2.53. The normalized spacial score (nSPS) is 37.8. The molecule has 5 atom stereocenters. The van der Waals surface area contributed by atoms with Gasteiger partial charge in [0, 0.05) is 24.5 Å². The molecule has 0 aromatic carbocycles. The van der Waals surface area contributed by atoms with Crippen molar-refractivity contribution in [2.45, 2.75) is 64.0 Å². The predicted octanol–water partition coefficient (Wildman–Crippen LogP) is 0.975. The van der Waals surface area contributed by atoms with E-state index in [0.29, 0.717) is 19.5 Å². The van der Waals surface area contributed by atoms with Gasteiger partial charge in [0.15, 0.2) is 0 Å². The molecule has 23 heavy (non-hydrogen) atoms. The van der Waals surface area contributed by atoms with E-state index in [4.69, 9.17) is 4.74 Å². The fourth-order valence-corrected chi connectivity index (χ4v) is 7.00. The summed E-state index contributed by atoms with van der Waals surface area (Å²) >= 11 is 0. The van der Waals surface area contributed by atoms with Crippen LogP contribution in [-0.4, -0.2) is 55.8 Å². The smallest absolute Gasteiger partial charge is 0.320 e. The third-order valence-corrected chi connectivity index (χ3v) is 7.84. The van der Waals surface area contributed by atoms with Crippen LogP contribution in [0.2, 0.25) is 0 Å². The van der Waals surface area contributed by atoms with E-state index in [0.717, 1.165) is 6.42 Å². The minimum absolute atomic E-state index is 0.106. The van der Waals surface area contributed by atoms with Crippen molar-refractivity contribution in [2.75, 3.05) is 13.1 Å². The van der Waals surface area contributed by atoms with Gasteiger partial charge in [0.1, 0.15) is 6.10 Å². The molecular formula is C16H28N2O4S. The van der Waals surface area contributed by atoms with E-state index < -0.39 is 10.0 Å². The molecule has 7 heteroatoms. The SMILES string of the molecule is CC(C)N(CC(=O)OC1CC2CC1C1CNS(=O)(=O)C21)C(C)C. The molecule has 3 rings (SSSR count). The van der Waals surface area contributed by atoms with Gasteiger partial charge in [-0.1, -0.05) is 0 Å². The topological polar surface area (TPSA) is 75.7 Å². The lowest BCUT2D eigenvalue weighted by Gasteiger charge is -2.32. The van der Waals surface area contributed by atoms with Crippen molar-refractivity contribution < 1.29 is 17.9 Å². The van der Waals surface area contributed by atoms with Crippen LogP contribution in [0.15, 0.2) is 0 Å². The summed E-state index contributed by atoms with van der Waals surface area (Å²) in [5, 5.41) is -0.259. The second-order valence-corrected chi connectivity index (χ2v) is 9.73. The number of carbonyl (C=O) groups excluding carboxylic acids is 1. The van der Waals surface area contributed by atoms with Crippen LogP contribution in [0.5, 0.6) is 0 Å². The van der Waals surface area contributed by atoms with Gasteiger partial charge in [-0.2, -0.15) is 0 Å². The molecule has 0 radical (unpaired) electrons. The third-order valence-electron chi connectivity index (χ3n) is 5.82. The summed E-state index contributed by atoms with van der Waals surface area (Å²) in [5.41, 5.74) is 0. The maximum absolute atomic E-state index is 12.3. The number of nitrogens with zero attached hydrogens (tertiary/aromatic N) is 1. The number of hydrogen-bond acceptors (Lipinski definition) is 5. The predicted molar refractivity (Wildman–Crippen MR) is 87.3 cm³/mol. The Morgan fingerprint density at radius 2 is 1.83 bits per heavy atom. The van der Waals surface area contributed by atoms with Gasteiger partial charge in [-0.15, -0.1) is 0 Å². The summed E-state index contributed by atoms with van der Waals surface area (Å²) in [6, 6.07) is 0.576. The molecule has 3 fully saturated rings. The molecule has 1 N–H and O–H groups in total. The van der Waals surface area contributed by atoms with Crippen LogP contribution in [0.1, 0.15) is 40.5 Å². The van der Waals surface area contributed by atoms with Crippen molar-refractivity contribution in [3.05, 3.63) is 0 Å². The minimum Gasteiger partial charge on any atom is -0.461 e. The van der Waals surface area contributed by atoms with Gasteiger partial charge in [-0.05, 0) is 52.4 Å². The standard InChI is InChI=1S/C16H28N2O4S/c1-9(2)18(10(3)4)8-15(19)22-14-6-11-5-12(14)13-7-17-23(20,21)16(11)13/h9-14,16-17H,5-8H2,1-4H3. The molecule has 0 aromatic heterocycles. The van der Waals surface area contributed by atoms with Gasteiger partial charge in [0.25, 0.3) is 0 Å². The molecule has 3 aliphatic rings. The summed E-state index contributed by atoms with van der Waals surface area (Å²) in [4.78, 5) is 14.4. The zero-order chi connectivity index (χ0) is 16.9. The first-order valence-electron chi connectivity index (χ1n) is 8.64. The Morgan fingerprint density at radius 1 is 1.17 bits per heavy atom. The van der Waals surface area contributed by atoms with Crippen LogP contribution in [0.25, 0.3) is 0 Å². The Hall–Kier alpha value is -0.660. The van der Waals surface area contributed by atoms with Crippen LogP contribution >= 0.6 is 0 Å². The first-order chi connectivity index (χ1) is 10.7. The number of esters is 1. The Bertz CT molecular complexity index is 567. The summed E-state index contributed by atoms with van der Waals surface area (Å²) in [5.74, 6) is 0.275. The van der Waals surface area contributed by atoms with Crippen LogP contribution < -0.4 is 4.72 Å². The number of nitrogens with one attached hydrogen (secondary N) is 1. The highest BCUT2D eigenvalue weighted by atomic mass is 32.2. The molecule has 1 heterocycles. The second-order valence-electron chi connectivity index (χ2n) is 7.81. The lowest BCUT2D eigenvalue weighted by molar-refractivity contribution is -0.154. The van der Waals surface area contributed by atoms with Crippen molar-refractivity contribution in [3.8, 4) is 0 Å². The maximum Gasteiger partial charge on any atom is 0.320 e. The number of fused-ring (bicyclic) bond motifs is 5. The molecule has 2 bridgehead atoms. The summed E-state index contributed by atoms with van der Waals surface area (Å²) < 4.78 is 32.5. The molecule has 6 nitrogen and oxygen atoms in total. The van der Waals surface area contributed by atoms with Gasteiger partial charge in [0.2, 0.25) is 10.0 Å². The third kappa shape index (κ3) is 3.03. The zero-order valence-corrected chi connectivity index (χ0v) is 15.2. The maximum atomic E-state index is 12.3. The Kier molecular flexibility index (Phi) is 4.48. The van der Waals surface area contributed by atoms with Crippen molar-refractivity contribution in [2.24, 2.45) is 17.8 Å². The lowest BCUT2D eigenvalue weighted by atomic mass is 9.86. The average Bonchev–Trinajstić information content (AvgIpc) is 3.07. The van der Waals surface area contributed by atoms with E-state index in [1.165, 1.54) is 0 Å².